The van der Waals surface area contributed by atoms with Gasteiger partial charge in [-0.05, 0) is 24.6 Å². The first kappa shape index (κ1) is 20.1. The van der Waals surface area contributed by atoms with Crippen LogP contribution in [0.5, 0.6) is 0 Å². The molecule has 2 rings (SSSR count). The number of rotatable bonds is 8. The number of hydrogen-bond acceptors (Lipinski definition) is 5. The molecule has 0 spiro atoms. The molecular formula is C18H26FN5OS. The lowest BCUT2D eigenvalue weighted by atomic mass is 10.1. The second-order valence-corrected chi connectivity index (χ2v) is 6.70. The number of aliphatic imine (C=N–C) groups is 1. The minimum atomic E-state index is -0.258. The lowest BCUT2D eigenvalue weighted by Gasteiger charge is -2.18. The summed E-state index contributed by atoms with van der Waals surface area (Å²) in [5.41, 5.74) is 1.84. The molecule has 0 fully saturated rings. The third kappa shape index (κ3) is 5.96. The van der Waals surface area contributed by atoms with Crippen LogP contribution < -0.4 is 15.5 Å². The van der Waals surface area contributed by atoms with Crippen LogP contribution >= 0.6 is 11.3 Å². The van der Waals surface area contributed by atoms with E-state index in [1.165, 1.54) is 12.1 Å². The SMILES string of the molecule is CCNC(=NCc1csc(N(C)C)n1)NCC(OC)c1ccc(F)cc1. The Labute approximate surface area is 158 Å². The normalized spacial score (nSPS) is 12.7. The number of halogens is 1. The van der Waals surface area contributed by atoms with E-state index in [4.69, 9.17) is 4.74 Å². The highest BCUT2D eigenvalue weighted by molar-refractivity contribution is 7.13. The van der Waals surface area contributed by atoms with Crippen molar-refractivity contribution >= 4 is 22.4 Å². The van der Waals surface area contributed by atoms with E-state index in [1.807, 2.05) is 31.3 Å². The minimum absolute atomic E-state index is 0.195. The molecule has 2 N–H and O–H groups in total. The van der Waals surface area contributed by atoms with Crippen molar-refractivity contribution in [2.45, 2.75) is 19.6 Å². The summed E-state index contributed by atoms with van der Waals surface area (Å²) in [6.45, 7) is 3.78. The van der Waals surface area contributed by atoms with Gasteiger partial charge in [-0.1, -0.05) is 12.1 Å². The molecule has 1 atom stereocenters. The van der Waals surface area contributed by atoms with Crippen molar-refractivity contribution in [3.8, 4) is 0 Å². The van der Waals surface area contributed by atoms with Crippen LogP contribution in [-0.4, -0.2) is 45.2 Å². The molecule has 142 valence electrons. The van der Waals surface area contributed by atoms with Crippen LogP contribution in [0, 0.1) is 5.82 Å². The molecule has 6 nitrogen and oxygen atoms in total. The number of nitrogens with one attached hydrogen (secondary N) is 2. The molecule has 0 amide bonds. The van der Waals surface area contributed by atoms with E-state index in [1.54, 1.807) is 30.6 Å². The lowest BCUT2D eigenvalue weighted by Crippen LogP contribution is -2.39. The molecular weight excluding hydrogens is 353 g/mol. The maximum absolute atomic E-state index is 13.1. The third-order valence-corrected chi connectivity index (χ3v) is 4.70. The average molecular weight is 380 g/mol. The molecule has 0 aliphatic rings. The number of methoxy groups -OCH3 is 1. The monoisotopic (exact) mass is 379 g/mol. The van der Waals surface area contributed by atoms with E-state index in [2.05, 4.69) is 20.6 Å². The summed E-state index contributed by atoms with van der Waals surface area (Å²) in [5.74, 6) is 0.433. The summed E-state index contributed by atoms with van der Waals surface area (Å²) < 4.78 is 18.6. The van der Waals surface area contributed by atoms with Gasteiger partial charge in [0.25, 0.3) is 0 Å². The summed E-state index contributed by atoms with van der Waals surface area (Å²) >= 11 is 1.60. The van der Waals surface area contributed by atoms with Crippen LogP contribution in [0.25, 0.3) is 0 Å². The van der Waals surface area contributed by atoms with Gasteiger partial charge < -0.3 is 20.3 Å². The highest BCUT2D eigenvalue weighted by atomic mass is 32.1. The molecule has 2 aromatic rings. The molecule has 26 heavy (non-hydrogen) atoms. The maximum atomic E-state index is 13.1. The average Bonchev–Trinajstić information content (AvgIpc) is 3.11. The Morgan fingerprint density at radius 3 is 2.62 bits per heavy atom. The van der Waals surface area contributed by atoms with Gasteiger partial charge in [-0.15, -0.1) is 11.3 Å². The van der Waals surface area contributed by atoms with E-state index < -0.39 is 0 Å². The number of guanidine groups is 1. The first-order valence-electron chi connectivity index (χ1n) is 8.45. The topological polar surface area (TPSA) is 61.8 Å². The number of thiazole rings is 1. The molecule has 1 aromatic carbocycles. The van der Waals surface area contributed by atoms with Crippen molar-refractivity contribution in [2.75, 3.05) is 39.2 Å². The van der Waals surface area contributed by atoms with Gasteiger partial charge >= 0.3 is 0 Å². The van der Waals surface area contributed by atoms with E-state index >= 15 is 0 Å². The van der Waals surface area contributed by atoms with Crippen LogP contribution in [0.15, 0.2) is 34.6 Å². The summed E-state index contributed by atoms with van der Waals surface area (Å²) in [4.78, 5) is 11.1. The molecule has 0 radical (unpaired) electrons. The fraction of sp³-hybridized carbons (Fsp3) is 0.444. The number of anilines is 1. The Bertz CT molecular complexity index is 702. The fourth-order valence-corrected chi connectivity index (χ4v) is 3.03. The van der Waals surface area contributed by atoms with E-state index in [0.717, 1.165) is 22.9 Å². The zero-order valence-corrected chi connectivity index (χ0v) is 16.4. The van der Waals surface area contributed by atoms with Crippen LogP contribution in [0.4, 0.5) is 9.52 Å². The number of nitrogens with zero attached hydrogens (tertiary/aromatic N) is 3. The standard InChI is InChI=1S/C18H26FN5OS/c1-5-20-17(21-10-15-12-26-18(23-15)24(2)3)22-11-16(25-4)13-6-8-14(19)9-7-13/h6-9,12,16H,5,10-11H2,1-4H3,(H2,20,21,22). The molecule has 1 unspecified atom stereocenters. The fourth-order valence-electron chi connectivity index (χ4n) is 2.28. The predicted octanol–water partition coefficient (Wildman–Crippen LogP) is 2.79. The van der Waals surface area contributed by atoms with E-state index in [-0.39, 0.29) is 11.9 Å². The largest absolute Gasteiger partial charge is 0.375 e. The first-order valence-corrected chi connectivity index (χ1v) is 9.33. The van der Waals surface area contributed by atoms with E-state index in [9.17, 15) is 4.39 Å². The van der Waals surface area contributed by atoms with Crippen LogP contribution in [0.2, 0.25) is 0 Å². The highest BCUT2D eigenvalue weighted by Gasteiger charge is 2.11. The van der Waals surface area contributed by atoms with Crippen molar-refractivity contribution < 1.29 is 9.13 Å². The third-order valence-electron chi connectivity index (χ3n) is 3.65. The van der Waals surface area contributed by atoms with Gasteiger partial charge in [-0.3, -0.25) is 0 Å². The Morgan fingerprint density at radius 1 is 1.31 bits per heavy atom. The molecule has 1 heterocycles. The zero-order chi connectivity index (χ0) is 18.9. The Morgan fingerprint density at radius 2 is 2.04 bits per heavy atom. The van der Waals surface area contributed by atoms with Crippen molar-refractivity contribution in [3.05, 3.63) is 46.7 Å². The van der Waals surface area contributed by atoms with Gasteiger partial charge in [0.05, 0.1) is 18.3 Å². The second kappa shape index (κ2) is 10.1. The summed E-state index contributed by atoms with van der Waals surface area (Å²) in [6.07, 6.45) is -0.195. The van der Waals surface area contributed by atoms with Gasteiger partial charge in [0.15, 0.2) is 11.1 Å². The van der Waals surface area contributed by atoms with Crippen LogP contribution in [0.1, 0.15) is 24.3 Å². The Balaban J connectivity index is 1.98. The van der Waals surface area contributed by atoms with Crippen molar-refractivity contribution in [1.82, 2.24) is 15.6 Å². The molecule has 8 heteroatoms. The second-order valence-electron chi connectivity index (χ2n) is 5.87. The molecule has 1 aromatic heterocycles. The molecule has 0 aliphatic heterocycles. The van der Waals surface area contributed by atoms with Crippen LogP contribution in [-0.2, 0) is 11.3 Å². The van der Waals surface area contributed by atoms with Gasteiger partial charge in [-0.25, -0.2) is 14.4 Å². The quantitative estimate of drug-likeness (QED) is 0.546. The van der Waals surface area contributed by atoms with Crippen molar-refractivity contribution in [1.29, 1.82) is 0 Å². The van der Waals surface area contributed by atoms with Gasteiger partial charge in [0.1, 0.15) is 5.82 Å². The number of benzene rings is 1. The highest BCUT2D eigenvalue weighted by Crippen LogP contribution is 2.18. The lowest BCUT2D eigenvalue weighted by molar-refractivity contribution is 0.106. The molecule has 0 aliphatic carbocycles. The summed E-state index contributed by atoms with van der Waals surface area (Å²) in [6, 6.07) is 6.33. The van der Waals surface area contributed by atoms with E-state index in [0.29, 0.717) is 19.0 Å². The molecule has 0 saturated heterocycles. The Kier molecular flexibility index (Phi) is 7.80. The molecule has 0 saturated carbocycles. The zero-order valence-electron chi connectivity index (χ0n) is 15.6. The number of ether oxygens (including phenoxy) is 1. The predicted molar refractivity (Wildman–Crippen MR) is 105 cm³/mol. The van der Waals surface area contributed by atoms with Crippen molar-refractivity contribution in [2.24, 2.45) is 4.99 Å². The summed E-state index contributed by atoms with van der Waals surface area (Å²) in [7, 11) is 5.58. The van der Waals surface area contributed by atoms with Gasteiger partial charge in [0.2, 0.25) is 0 Å². The smallest absolute Gasteiger partial charge is 0.191 e. The van der Waals surface area contributed by atoms with Gasteiger partial charge in [0, 0.05) is 39.7 Å². The number of hydrogen-bond donors (Lipinski definition) is 2. The number of aromatic nitrogens is 1. The first-order chi connectivity index (χ1) is 12.5. The maximum Gasteiger partial charge on any atom is 0.191 e. The van der Waals surface area contributed by atoms with Crippen LogP contribution in [0.3, 0.4) is 0 Å². The van der Waals surface area contributed by atoms with Gasteiger partial charge in [-0.2, -0.15) is 0 Å². The minimum Gasteiger partial charge on any atom is -0.375 e. The Hall–Kier alpha value is -2.19. The summed E-state index contributed by atoms with van der Waals surface area (Å²) in [5, 5.41) is 9.46. The van der Waals surface area contributed by atoms with Crippen molar-refractivity contribution in [3.63, 3.8) is 0 Å². The molecule has 0 bridgehead atoms.